The van der Waals surface area contributed by atoms with Crippen molar-refractivity contribution in [3.8, 4) is 0 Å². The van der Waals surface area contributed by atoms with E-state index in [9.17, 15) is 9.59 Å². The van der Waals surface area contributed by atoms with Crippen LogP contribution in [0.5, 0.6) is 0 Å². The number of hydrogen-bond donors (Lipinski definition) is 2. The molecule has 0 saturated carbocycles. The Kier molecular flexibility index (Phi) is 4.69. The third-order valence-electron chi connectivity index (χ3n) is 2.35. The van der Waals surface area contributed by atoms with Crippen molar-refractivity contribution in [2.75, 3.05) is 0 Å². The zero-order valence-corrected chi connectivity index (χ0v) is 11.2. The van der Waals surface area contributed by atoms with Gasteiger partial charge in [-0.3, -0.25) is 9.59 Å². The van der Waals surface area contributed by atoms with Gasteiger partial charge in [0.05, 0.1) is 6.42 Å². The summed E-state index contributed by atoms with van der Waals surface area (Å²) in [5.41, 5.74) is 1.94. The Morgan fingerprint density at radius 3 is 2.65 bits per heavy atom. The number of amides is 1. The third-order valence-corrected chi connectivity index (χ3v) is 3.20. The van der Waals surface area contributed by atoms with Crippen LogP contribution in [-0.4, -0.2) is 23.0 Å². The fourth-order valence-corrected chi connectivity index (χ4v) is 1.71. The second-order valence-corrected chi connectivity index (χ2v) is 4.74. The number of aliphatic carboxylic acids is 1. The minimum Gasteiger partial charge on any atom is -0.480 e. The van der Waals surface area contributed by atoms with Crippen LogP contribution in [0.2, 0.25) is 0 Å². The molecule has 0 unspecified atom stereocenters. The highest BCUT2D eigenvalue weighted by atomic mass is 79.9. The molecule has 0 aliphatic carbocycles. The average molecular weight is 300 g/mol. The summed E-state index contributed by atoms with van der Waals surface area (Å²) in [6, 6.07) is 4.76. The lowest BCUT2D eigenvalue weighted by atomic mass is 10.1. The van der Waals surface area contributed by atoms with Crippen LogP contribution in [0.1, 0.15) is 18.1 Å². The number of carbonyl (C=O) groups excluding carboxylic acids is 1. The van der Waals surface area contributed by atoms with Crippen LogP contribution < -0.4 is 5.32 Å². The molecule has 5 heteroatoms. The molecule has 1 aromatic carbocycles. The molecule has 0 radical (unpaired) electrons. The molecule has 0 aliphatic rings. The van der Waals surface area contributed by atoms with Gasteiger partial charge in [-0.2, -0.15) is 0 Å². The second-order valence-electron chi connectivity index (χ2n) is 3.89. The molecule has 92 valence electrons. The van der Waals surface area contributed by atoms with Crippen molar-refractivity contribution in [2.24, 2.45) is 0 Å². The van der Waals surface area contributed by atoms with Gasteiger partial charge in [-0.05, 0) is 31.0 Å². The fourth-order valence-electron chi connectivity index (χ4n) is 1.29. The van der Waals surface area contributed by atoms with Crippen LogP contribution in [0.4, 0.5) is 0 Å². The molecule has 0 aliphatic heterocycles. The highest BCUT2D eigenvalue weighted by molar-refractivity contribution is 9.10. The summed E-state index contributed by atoms with van der Waals surface area (Å²) in [5, 5.41) is 11.1. The summed E-state index contributed by atoms with van der Waals surface area (Å²) in [4.78, 5) is 22.1. The Labute approximate surface area is 108 Å². The van der Waals surface area contributed by atoms with Gasteiger partial charge in [0.25, 0.3) is 0 Å². The van der Waals surface area contributed by atoms with Crippen LogP contribution in [0.3, 0.4) is 0 Å². The number of rotatable bonds is 4. The average Bonchev–Trinajstić information content (AvgIpc) is 2.23. The van der Waals surface area contributed by atoms with E-state index in [1.165, 1.54) is 6.92 Å². The molecule has 0 saturated heterocycles. The molecule has 17 heavy (non-hydrogen) atoms. The molecule has 0 aromatic heterocycles. The van der Waals surface area contributed by atoms with Crippen molar-refractivity contribution in [3.05, 3.63) is 33.8 Å². The third kappa shape index (κ3) is 4.19. The van der Waals surface area contributed by atoms with Gasteiger partial charge in [0, 0.05) is 4.47 Å². The first-order valence-corrected chi connectivity index (χ1v) is 5.96. The van der Waals surface area contributed by atoms with Gasteiger partial charge in [-0.15, -0.1) is 0 Å². The molecule has 0 fully saturated rings. The highest BCUT2D eigenvalue weighted by Gasteiger charge is 2.14. The first-order valence-electron chi connectivity index (χ1n) is 5.17. The molecular weight excluding hydrogens is 286 g/mol. The molecule has 1 amide bonds. The highest BCUT2D eigenvalue weighted by Crippen LogP contribution is 2.17. The van der Waals surface area contributed by atoms with Gasteiger partial charge in [0.1, 0.15) is 6.04 Å². The summed E-state index contributed by atoms with van der Waals surface area (Å²) in [6.45, 7) is 3.39. The van der Waals surface area contributed by atoms with E-state index in [-0.39, 0.29) is 12.3 Å². The van der Waals surface area contributed by atoms with Crippen molar-refractivity contribution in [3.63, 3.8) is 0 Å². The Balaban J connectivity index is 2.62. The number of carboxylic acid groups (broad SMARTS) is 1. The van der Waals surface area contributed by atoms with Crippen molar-refractivity contribution < 1.29 is 14.7 Å². The molecule has 2 N–H and O–H groups in total. The number of nitrogens with one attached hydrogen (secondary N) is 1. The molecule has 0 spiro atoms. The van der Waals surface area contributed by atoms with Crippen LogP contribution in [-0.2, 0) is 16.0 Å². The van der Waals surface area contributed by atoms with Gasteiger partial charge in [0.15, 0.2) is 0 Å². The molecular formula is C12H14BrNO3. The molecule has 4 nitrogen and oxygen atoms in total. The number of carbonyl (C=O) groups is 2. The Hall–Kier alpha value is -1.36. The molecule has 0 bridgehead atoms. The van der Waals surface area contributed by atoms with Crippen molar-refractivity contribution in [1.29, 1.82) is 0 Å². The Bertz CT molecular complexity index is 445. The maximum Gasteiger partial charge on any atom is 0.325 e. The summed E-state index contributed by atoms with van der Waals surface area (Å²) in [6.07, 6.45) is 0.177. The predicted molar refractivity (Wildman–Crippen MR) is 67.8 cm³/mol. The number of halogens is 1. The summed E-state index contributed by atoms with van der Waals surface area (Å²) in [5.74, 6) is -1.33. The normalized spacial score (nSPS) is 11.9. The van der Waals surface area contributed by atoms with E-state index in [0.717, 1.165) is 15.6 Å². The first-order chi connectivity index (χ1) is 7.90. The largest absolute Gasteiger partial charge is 0.480 e. The zero-order chi connectivity index (χ0) is 13.0. The lowest BCUT2D eigenvalue weighted by molar-refractivity contribution is -0.141. The standard InChI is InChI=1S/C12H14BrNO3/c1-7-3-4-9(5-10(7)13)6-11(15)14-8(2)12(16)17/h3-5,8H,6H2,1-2H3,(H,14,15)(H,16,17)/t8-/m1/s1. The number of aryl methyl sites for hydroxylation is 1. The molecule has 0 heterocycles. The first kappa shape index (κ1) is 13.7. The minimum atomic E-state index is -1.04. The second kappa shape index (κ2) is 5.82. The van der Waals surface area contributed by atoms with Gasteiger partial charge >= 0.3 is 5.97 Å². The molecule has 1 atom stereocenters. The van der Waals surface area contributed by atoms with Crippen molar-refractivity contribution in [2.45, 2.75) is 26.3 Å². The van der Waals surface area contributed by atoms with E-state index in [1.54, 1.807) is 0 Å². The van der Waals surface area contributed by atoms with Crippen molar-refractivity contribution in [1.82, 2.24) is 5.32 Å². The summed E-state index contributed by atoms with van der Waals surface area (Å²) < 4.78 is 0.939. The SMILES string of the molecule is Cc1ccc(CC(=O)N[C@H](C)C(=O)O)cc1Br. The van der Waals surface area contributed by atoms with Crippen molar-refractivity contribution >= 4 is 27.8 Å². The predicted octanol–water partition coefficient (Wildman–Crippen LogP) is 1.89. The van der Waals surface area contributed by atoms with E-state index in [0.29, 0.717) is 0 Å². The van der Waals surface area contributed by atoms with E-state index in [2.05, 4.69) is 21.2 Å². The lowest BCUT2D eigenvalue weighted by Crippen LogP contribution is -2.39. The number of carboxylic acids is 1. The minimum absolute atomic E-state index is 0.177. The maximum absolute atomic E-state index is 11.5. The zero-order valence-electron chi connectivity index (χ0n) is 9.66. The number of benzene rings is 1. The monoisotopic (exact) mass is 299 g/mol. The molecule has 1 aromatic rings. The Morgan fingerprint density at radius 2 is 2.12 bits per heavy atom. The van der Waals surface area contributed by atoms with Crippen LogP contribution >= 0.6 is 15.9 Å². The van der Waals surface area contributed by atoms with Crippen LogP contribution in [0.15, 0.2) is 22.7 Å². The lowest BCUT2D eigenvalue weighted by Gasteiger charge is -2.09. The van der Waals surface area contributed by atoms with E-state index >= 15 is 0 Å². The van der Waals surface area contributed by atoms with E-state index in [4.69, 9.17) is 5.11 Å². The smallest absolute Gasteiger partial charge is 0.325 e. The van der Waals surface area contributed by atoms with Crippen LogP contribution in [0.25, 0.3) is 0 Å². The topological polar surface area (TPSA) is 66.4 Å². The van der Waals surface area contributed by atoms with E-state index < -0.39 is 12.0 Å². The Morgan fingerprint density at radius 1 is 1.47 bits per heavy atom. The quantitative estimate of drug-likeness (QED) is 0.892. The van der Waals surface area contributed by atoms with Gasteiger partial charge < -0.3 is 10.4 Å². The van der Waals surface area contributed by atoms with Crippen LogP contribution in [0, 0.1) is 6.92 Å². The maximum atomic E-state index is 11.5. The molecule has 1 rings (SSSR count). The van der Waals surface area contributed by atoms with Gasteiger partial charge in [-0.1, -0.05) is 28.1 Å². The summed E-state index contributed by atoms with van der Waals surface area (Å²) in [7, 11) is 0. The van der Waals surface area contributed by atoms with E-state index in [1.807, 2.05) is 25.1 Å². The fraction of sp³-hybridized carbons (Fsp3) is 0.333. The van der Waals surface area contributed by atoms with Gasteiger partial charge in [-0.25, -0.2) is 0 Å². The number of hydrogen-bond acceptors (Lipinski definition) is 2. The summed E-state index contributed by atoms with van der Waals surface area (Å²) >= 11 is 3.38. The van der Waals surface area contributed by atoms with Gasteiger partial charge in [0.2, 0.25) is 5.91 Å².